The summed E-state index contributed by atoms with van der Waals surface area (Å²) in [6.45, 7) is 3.63. The second kappa shape index (κ2) is 7.39. The van der Waals surface area contributed by atoms with Gasteiger partial charge in [-0.3, -0.25) is 9.59 Å². The van der Waals surface area contributed by atoms with E-state index in [0.29, 0.717) is 25.5 Å². The highest BCUT2D eigenvalue weighted by molar-refractivity contribution is 6.00. The summed E-state index contributed by atoms with van der Waals surface area (Å²) in [5.41, 5.74) is 1.94. The lowest BCUT2D eigenvalue weighted by atomic mass is 10.1. The van der Waals surface area contributed by atoms with Gasteiger partial charge in [-0.25, -0.2) is 4.98 Å². The molecule has 2 unspecified atom stereocenters. The number of ether oxygens (including phenoxy) is 1. The minimum atomic E-state index is -0.283. The van der Waals surface area contributed by atoms with Gasteiger partial charge >= 0.3 is 0 Å². The Morgan fingerprint density at radius 3 is 2.70 bits per heavy atom. The van der Waals surface area contributed by atoms with Gasteiger partial charge in [0.1, 0.15) is 6.10 Å². The third kappa shape index (κ3) is 3.79. The zero-order chi connectivity index (χ0) is 18.8. The van der Waals surface area contributed by atoms with Crippen molar-refractivity contribution in [2.75, 3.05) is 24.5 Å². The molecule has 0 aliphatic carbocycles. The molecule has 1 aromatic heterocycles. The van der Waals surface area contributed by atoms with Crippen molar-refractivity contribution in [3.63, 3.8) is 0 Å². The Hall–Kier alpha value is -2.89. The highest BCUT2D eigenvalue weighted by Gasteiger charge is 2.39. The lowest BCUT2D eigenvalue weighted by Crippen LogP contribution is -2.37. The first-order chi connectivity index (χ1) is 13.1. The van der Waals surface area contributed by atoms with Crippen LogP contribution in [0.3, 0.4) is 0 Å². The number of hydrogen-bond acceptors (Lipinski definition) is 4. The number of nitrogens with zero attached hydrogens (tertiary/aromatic N) is 3. The number of rotatable bonds is 4. The van der Waals surface area contributed by atoms with E-state index in [-0.39, 0.29) is 30.3 Å². The number of aryl methyl sites for hydroxylation is 1. The van der Waals surface area contributed by atoms with Crippen molar-refractivity contribution in [2.24, 2.45) is 5.92 Å². The maximum atomic E-state index is 12.9. The van der Waals surface area contributed by atoms with Gasteiger partial charge in [0.15, 0.2) is 0 Å². The molecule has 0 bridgehead atoms. The van der Waals surface area contributed by atoms with Gasteiger partial charge in [-0.1, -0.05) is 24.3 Å². The Kier molecular flexibility index (Phi) is 4.79. The molecule has 1 aromatic carbocycles. The number of carbonyl (C=O) groups excluding carboxylic acids is 2. The van der Waals surface area contributed by atoms with Gasteiger partial charge in [0.2, 0.25) is 17.7 Å². The van der Waals surface area contributed by atoms with E-state index in [1.165, 1.54) is 0 Å². The first-order valence-corrected chi connectivity index (χ1v) is 9.33. The lowest BCUT2D eigenvalue weighted by Gasteiger charge is -2.21. The van der Waals surface area contributed by atoms with Crippen molar-refractivity contribution in [2.45, 2.75) is 25.9 Å². The van der Waals surface area contributed by atoms with Crippen molar-refractivity contribution in [1.82, 2.24) is 9.88 Å². The van der Waals surface area contributed by atoms with Crippen molar-refractivity contribution < 1.29 is 14.3 Å². The van der Waals surface area contributed by atoms with Crippen LogP contribution >= 0.6 is 0 Å². The average molecular weight is 365 g/mol. The minimum Gasteiger partial charge on any atom is -0.472 e. The standard InChI is InChI=1S/C21H23N3O3/c1-15-7-8-19(22-12-15)27-18-9-10-23(14-18)21(26)16-11-20(25)24(13-16)17-5-3-2-4-6-17/h2-8,12,16,18H,9-11,13-14H2,1H3. The van der Waals surface area contributed by atoms with Gasteiger partial charge < -0.3 is 14.5 Å². The molecule has 0 radical (unpaired) electrons. The van der Waals surface area contributed by atoms with Gasteiger partial charge in [-0.05, 0) is 24.6 Å². The molecule has 3 heterocycles. The molecule has 140 valence electrons. The van der Waals surface area contributed by atoms with E-state index in [1.807, 2.05) is 54.3 Å². The van der Waals surface area contributed by atoms with Crippen LogP contribution < -0.4 is 9.64 Å². The van der Waals surface area contributed by atoms with Crippen LogP contribution in [0.1, 0.15) is 18.4 Å². The molecule has 2 fully saturated rings. The Balaban J connectivity index is 1.35. The second-order valence-corrected chi connectivity index (χ2v) is 7.23. The molecule has 2 aliphatic heterocycles. The summed E-state index contributed by atoms with van der Waals surface area (Å²) in [6.07, 6.45) is 2.78. The SMILES string of the molecule is Cc1ccc(OC2CCN(C(=O)C3CC(=O)N(c4ccccc4)C3)C2)nc1. The number of anilines is 1. The first kappa shape index (κ1) is 17.5. The van der Waals surface area contributed by atoms with E-state index in [0.717, 1.165) is 17.7 Å². The third-order valence-corrected chi connectivity index (χ3v) is 5.17. The smallest absolute Gasteiger partial charge is 0.228 e. The summed E-state index contributed by atoms with van der Waals surface area (Å²) in [6, 6.07) is 13.3. The van der Waals surface area contributed by atoms with Crippen LogP contribution in [0.5, 0.6) is 5.88 Å². The number of carbonyl (C=O) groups is 2. The normalized spacial score (nSPS) is 22.3. The molecule has 2 atom stereocenters. The quantitative estimate of drug-likeness (QED) is 0.835. The summed E-state index contributed by atoms with van der Waals surface area (Å²) < 4.78 is 5.90. The van der Waals surface area contributed by atoms with Crippen molar-refractivity contribution in [1.29, 1.82) is 0 Å². The summed E-state index contributed by atoms with van der Waals surface area (Å²) in [5, 5.41) is 0. The van der Waals surface area contributed by atoms with Crippen LogP contribution in [-0.2, 0) is 9.59 Å². The van der Waals surface area contributed by atoms with Gasteiger partial charge in [0.05, 0.1) is 12.5 Å². The monoisotopic (exact) mass is 365 g/mol. The molecule has 2 saturated heterocycles. The van der Waals surface area contributed by atoms with Crippen LogP contribution in [0.15, 0.2) is 48.7 Å². The van der Waals surface area contributed by atoms with Crippen LogP contribution in [0.25, 0.3) is 0 Å². The molecule has 4 rings (SSSR count). The molecule has 0 spiro atoms. The number of amides is 2. The molecular weight excluding hydrogens is 342 g/mol. The molecule has 2 aliphatic rings. The van der Waals surface area contributed by atoms with E-state index < -0.39 is 0 Å². The fourth-order valence-electron chi connectivity index (χ4n) is 3.71. The van der Waals surface area contributed by atoms with E-state index in [2.05, 4.69) is 4.98 Å². The lowest BCUT2D eigenvalue weighted by molar-refractivity contribution is -0.135. The van der Waals surface area contributed by atoms with E-state index in [9.17, 15) is 9.59 Å². The number of para-hydroxylation sites is 1. The van der Waals surface area contributed by atoms with E-state index in [4.69, 9.17) is 4.74 Å². The number of benzene rings is 1. The molecule has 2 aromatic rings. The summed E-state index contributed by atoms with van der Waals surface area (Å²) in [4.78, 5) is 33.0. The van der Waals surface area contributed by atoms with Crippen LogP contribution in [0, 0.1) is 12.8 Å². The Morgan fingerprint density at radius 2 is 1.96 bits per heavy atom. The van der Waals surface area contributed by atoms with Gasteiger partial charge in [-0.2, -0.15) is 0 Å². The van der Waals surface area contributed by atoms with Crippen molar-refractivity contribution in [3.8, 4) is 5.88 Å². The molecular formula is C21H23N3O3. The summed E-state index contributed by atoms with van der Waals surface area (Å²) >= 11 is 0. The van der Waals surface area contributed by atoms with Crippen LogP contribution in [-0.4, -0.2) is 47.4 Å². The van der Waals surface area contributed by atoms with Crippen molar-refractivity contribution in [3.05, 3.63) is 54.2 Å². The Bertz CT molecular complexity index is 822. The van der Waals surface area contributed by atoms with E-state index in [1.54, 1.807) is 11.1 Å². The maximum absolute atomic E-state index is 12.9. The fourth-order valence-corrected chi connectivity index (χ4v) is 3.71. The highest BCUT2D eigenvalue weighted by Crippen LogP contribution is 2.27. The molecule has 6 heteroatoms. The first-order valence-electron chi connectivity index (χ1n) is 9.33. The molecule has 6 nitrogen and oxygen atoms in total. The average Bonchev–Trinajstić information content (AvgIpc) is 3.30. The van der Waals surface area contributed by atoms with Crippen molar-refractivity contribution >= 4 is 17.5 Å². The van der Waals surface area contributed by atoms with Crippen LogP contribution in [0.2, 0.25) is 0 Å². The fraction of sp³-hybridized carbons (Fsp3) is 0.381. The molecule has 0 N–H and O–H groups in total. The highest BCUT2D eigenvalue weighted by atomic mass is 16.5. The number of likely N-dealkylation sites (tertiary alicyclic amines) is 1. The number of hydrogen-bond donors (Lipinski definition) is 0. The predicted molar refractivity (Wildman–Crippen MR) is 101 cm³/mol. The molecule has 0 saturated carbocycles. The predicted octanol–water partition coefficient (Wildman–Crippen LogP) is 2.42. The van der Waals surface area contributed by atoms with Gasteiger partial charge in [0, 0.05) is 43.9 Å². The second-order valence-electron chi connectivity index (χ2n) is 7.23. The Morgan fingerprint density at radius 1 is 1.15 bits per heavy atom. The largest absolute Gasteiger partial charge is 0.472 e. The molecule has 27 heavy (non-hydrogen) atoms. The van der Waals surface area contributed by atoms with Gasteiger partial charge in [-0.15, -0.1) is 0 Å². The number of aromatic nitrogens is 1. The third-order valence-electron chi connectivity index (χ3n) is 5.17. The summed E-state index contributed by atoms with van der Waals surface area (Å²) in [5.74, 6) is 0.361. The Labute approximate surface area is 158 Å². The van der Waals surface area contributed by atoms with Gasteiger partial charge in [0.25, 0.3) is 0 Å². The minimum absolute atomic E-state index is 0.00963. The maximum Gasteiger partial charge on any atom is 0.228 e. The topological polar surface area (TPSA) is 62.7 Å². The zero-order valence-corrected chi connectivity index (χ0v) is 15.4. The summed E-state index contributed by atoms with van der Waals surface area (Å²) in [7, 11) is 0. The van der Waals surface area contributed by atoms with Crippen LogP contribution in [0.4, 0.5) is 5.69 Å². The zero-order valence-electron chi connectivity index (χ0n) is 15.4. The molecule has 2 amide bonds. The number of pyridine rings is 1. The van der Waals surface area contributed by atoms with E-state index >= 15 is 0 Å².